The highest BCUT2D eigenvalue weighted by molar-refractivity contribution is 5.75. The van der Waals surface area contributed by atoms with Crippen LogP contribution >= 0.6 is 0 Å². The van der Waals surface area contributed by atoms with Gasteiger partial charge >= 0.3 is 0 Å². The van der Waals surface area contributed by atoms with Crippen molar-refractivity contribution in [1.29, 1.82) is 0 Å². The summed E-state index contributed by atoms with van der Waals surface area (Å²) in [5, 5.41) is 3.01. The molecule has 1 saturated carbocycles. The number of allylic oxidation sites excluding steroid dienone is 3. The predicted octanol–water partition coefficient (Wildman–Crippen LogP) is 2.93. The number of fused-ring (bicyclic) bond motifs is 2. The molecular formula is C16H23NO2. The Bertz CT molecular complexity index is 436. The first-order valence-electron chi connectivity index (χ1n) is 7.62. The van der Waals surface area contributed by atoms with Gasteiger partial charge in [-0.25, -0.2) is 0 Å². The zero-order valence-corrected chi connectivity index (χ0v) is 11.7. The third-order valence-electron chi connectivity index (χ3n) is 4.72. The van der Waals surface area contributed by atoms with Crippen molar-refractivity contribution in [2.45, 2.75) is 45.4 Å². The summed E-state index contributed by atoms with van der Waals surface area (Å²) in [5.41, 5.74) is 3.17. The summed E-state index contributed by atoms with van der Waals surface area (Å²) >= 11 is 0. The molecule has 3 aliphatic rings. The maximum Gasteiger partial charge on any atom is 0.219 e. The standard InChI is InChI=1S/C16H23NO2/c1-2-15(18)17-9-7-12-4-3-11-5-6-14-13(16(11)12)8-10-19-14/h6,11-12H,2-5,7-10H2,1H3,(H,17,18). The van der Waals surface area contributed by atoms with Crippen LogP contribution in [0.15, 0.2) is 23.0 Å². The Balaban J connectivity index is 1.66. The van der Waals surface area contributed by atoms with Crippen molar-refractivity contribution < 1.29 is 9.53 Å². The average Bonchev–Trinajstić information content (AvgIpc) is 3.03. The Kier molecular flexibility index (Phi) is 3.63. The van der Waals surface area contributed by atoms with E-state index in [4.69, 9.17) is 4.74 Å². The van der Waals surface area contributed by atoms with Crippen LogP contribution < -0.4 is 5.32 Å². The fourth-order valence-electron chi connectivity index (χ4n) is 3.79. The van der Waals surface area contributed by atoms with Gasteiger partial charge in [0, 0.05) is 19.4 Å². The lowest BCUT2D eigenvalue weighted by Crippen LogP contribution is -2.25. The van der Waals surface area contributed by atoms with Crippen LogP contribution in [0.3, 0.4) is 0 Å². The molecule has 1 heterocycles. The number of hydrogen-bond acceptors (Lipinski definition) is 2. The van der Waals surface area contributed by atoms with E-state index in [1.807, 2.05) is 6.92 Å². The normalized spacial score (nSPS) is 28.6. The first-order chi connectivity index (χ1) is 9.29. The summed E-state index contributed by atoms with van der Waals surface area (Å²) < 4.78 is 5.71. The van der Waals surface area contributed by atoms with Crippen LogP contribution in [0.25, 0.3) is 0 Å². The second-order valence-corrected chi connectivity index (χ2v) is 5.80. The molecule has 2 unspecified atom stereocenters. The van der Waals surface area contributed by atoms with Gasteiger partial charge in [0.1, 0.15) is 5.76 Å². The van der Waals surface area contributed by atoms with E-state index in [1.165, 1.54) is 18.4 Å². The Hall–Kier alpha value is -1.25. The van der Waals surface area contributed by atoms with Gasteiger partial charge in [-0.2, -0.15) is 0 Å². The van der Waals surface area contributed by atoms with E-state index >= 15 is 0 Å². The van der Waals surface area contributed by atoms with Gasteiger partial charge in [-0.3, -0.25) is 4.79 Å². The van der Waals surface area contributed by atoms with Crippen molar-refractivity contribution in [3.8, 4) is 0 Å². The quantitative estimate of drug-likeness (QED) is 0.845. The molecule has 0 aromatic heterocycles. The molecule has 1 saturated heterocycles. The Morgan fingerprint density at radius 3 is 3.21 bits per heavy atom. The van der Waals surface area contributed by atoms with E-state index in [0.717, 1.165) is 44.1 Å². The number of nitrogens with one attached hydrogen (secondary N) is 1. The summed E-state index contributed by atoms with van der Waals surface area (Å²) in [6.45, 7) is 3.58. The van der Waals surface area contributed by atoms with E-state index in [1.54, 1.807) is 5.57 Å². The van der Waals surface area contributed by atoms with E-state index < -0.39 is 0 Å². The summed E-state index contributed by atoms with van der Waals surface area (Å²) in [6, 6.07) is 0. The lowest BCUT2D eigenvalue weighted by atomic mass is 9.83. The van der Waals surface area contributed by atoms with Gasteiger partial charge in [0.05, 0.1) is 6.61 Å². The molecule has 1 amide bonds. The van der Waals surface area contributed by atoms with Crippen molar-refractivity contribution >= 4 is 5.91 Å². The van der Waals surface area contributed by atoms with Gasteiger partial charge in [-0.1, -0.05) is 12.5 Å². The maximum absolute atomic E-state index is 11.3. The fraction of sp³-hybridized carbons (Fsp3) is 0.688. The SMILES string of the molecule is CCC(=O)NCCC1CCC2CC=C3OCCC3=C21. The minimum Gasteiger partial charge on any atom is -0.493 e. The molecule has 3 nitrogen and oxygen atoms in total. The van der Waals surface area contributed by atoms with E-state index in [9.17, 15) is 4.79 Å². The molecule has 0 bridgehead atoms. The van der Waals surface area contributed by atoms with Gasteiger partial charge in [-0.05, 0) is 49.2 Å². The fourth-order valence-corrected chi connectivity index (χ4v) is 3.79. The second-order valence-electron chi connectivity index (χ2n) is 5.80. The number of carbonyl (C=O) groups excluding carboxylic acids is 1. The first-order valence-corrected chi connectivity index (χ1v) is 7.62. The number of carbonyl (C=O) groups is 1. The molecule has 1 N–H and O–H groups in total. The molecule has 2 aliphatic carbocycles. The van der Waals surface area contributed by atoms with Crippen molar-refractivity contribution in [2.24, 2.45) is 11.8 Å². The van der Waals surface area contributed by atoms with E-state index in [2.05, 4.69) is 11.4 Å². The number of hydrogen-bond donors (Lipinski definition) is 1. The monoisotopic (exact) mass is 261 g/mol. The van der Waals surface area contributed by atoms with Gasteiger partial charge in [0.15, 0.2) is 0 Å². The maximum atomic E-state index is 11.3. The minimum atomic E-state index is 0.167. The Morgan fingerprint density at radius 1 is 1.47 bits per heavy atom. The highest BCUT2D eigenvalue weighted by Crippen LogP contribution is 2.48. The summed E-state index contributed by atoms with van der Waals surface area (Å²) in [6.07, 6.45) is 8.82. The van der Waals surface area contributed by atoms with Crippen LogP contribution in [-0.2, 0) is 9.53 Å². The van der Waals surface area contributed by atoms with Gasteiger partial charge < -0.3 is 10.1 Å². The van der Waals surface area contributed by atoms with Crippen LogP contribution in [0, 0.1) is 11.8 Å². The predicted molar refractivity (Wildman–Crippen MR) is 74.4 cm³/mol. The molecule has 0 aromatic carbocycles. The molecule has 3 heteroatoms. The second kappa shape index (κ2) is 5.40. The molecule has 2 atom stereocenters. The van der Waals surface area contributed by atoms with Crippen molar-refractivity contribution in [3.05, 3.63) is 23.0 Å². The number of rotatable bonds is 4. The van der Waals surface area contributed by atoms with Crippen molar-refractivity contribution in [1.82, 2.24) is 5.32 Å². The van der Waals surface area contributed by atoms with Crippen LogP contribution in [0.4, 0.5) is 0 Å². The molecule has 104 valence electrons. The molecule has 0 spiro atoms. The highest BCUT2D eigenvalue weighted by atomic mass is 16.5. The molecular weight excluding hydrogens is 238 g/mol. The summed E-state index contributed by atoms with van der Waals surface area (Å²) in [4.78, 5) is 11.3. The number of ether oxygens (including phenoxy) is 1. The first kappa shape index (κ1) is 12.8. The topological polar surface area (TPSA) is 38.3 Å². The van der Waals surface area contributed by atoms with E-state index in [0.29, 0.717) is 12.3 Å². The third-order valence-corrected chi connectivity index (χ3v) is 4.72. The molecule has 19 heavy (non-hydrogen) atoms. The molecule has 3 rings (SSSR count). The number of amides is 1. The summed E-state index contributed by atoms with van der Waals surface area (Å²) in [5.74, 6) is 2.76. The largest absolute Gasteiger partial charge is 0.493 e. The smallest absolute Gasteiger partial charge is 0.219 e. The molecule has 0 radical (unpaired) electrons. The highest BCUT2D eigenvalue weighted by Gasteiger charge is 2.36. The molecule has 0 aromatic rings. The lowest BCUT2D eigenvalue weighted by molar-refractivity contribution is -0.120. The zero-order valence-electron chi connectivity index (χ0n) is 11.7. The zero-order chi connectivity index (χ0) is 13.2. The average molecular weight is 261 g/mol. The van der Waals surface area contributed by atoms with Crippen LogP contribution in [-0.4, -0.2) is 19.1 Å². The Labute approximate surface area is 115 Å². The van der Waals surface area contributed by atoms with Crippen LogP contribution in [0.1, 0.15) is 45.4 Å². The van der Waals surface area contributed by atoms with Crippen LogP contribution in [0.5, 0.6) is 0 Å². The third kappa shape index (κ3) is 2.43. The van der Waals surface area contributed by atoms with Crippen molar-refractivity contribution in [3.63, 3.8) is 0 Å². The molecule has 1 aliphatic heterocycles. The van der Waals surface area contributed by atoms with Gasteiger partial charge in [-0.15, -0.1) is 0 Å². The molecule has 2 fully saturated rings. The van der Waals surface area contributed by atoms with Gasteiger partial charge in [0.2, 0.25) is 5.91 Å². The lowest BCUT2D eigenvalue weighted by Gasteiger charge is -2.23. The van der Waals surface area contributed by atoms with Crippen molar-refractivity contribution in [2.75, 3.05) is 13.2 Å². The van der Waals surface area contributed by atoms with E-state index in [-0.39, 0.29) is 5.91 Å². The van der Waals surface area contributed by atoms with Gasteiger partial charge in [0.25, 0.3) is 0 Å². The minimum absolute atomic E-state index is 0.167. The Morgan fingerprint density at radius 2 is 2.37 bits per heavy atom. The van der Waals surface area contributed by atoms with Crippen LogP contribution in [0.2, 0.25) is 0 Å². The summed E-state index contributed by atoms with van der Waals surface area (Å²) in [7, 11) is 0.